The molecule has 0 aliphatic carbocycles. The van der Waals surface area contributed by atoms with Gasteiger partial charge in [0.25, 0.3) is 5.91 Å². The largest absolute Gasteiger partial charge is 0.369 e. The maximum atomic E-state index is 11.7. The number of aromatic nitrogens is 2. The van der Waals surface area contributed by atoms with Crippen LogP contribution in [-0.2, 0) is 0 Å². The average molecular weight is 265 g/mol. The summed E-state index contributed by atoms with van der Waals surface area (Å²) in [5, 5.41) is 5.95. The van der Waals surface area contributed by atoms with Crippen molar-refractivity contribution in [2.75, 3.05) is 32.5 Å². The Morgan fingerprint density at radius 2 is 2.05 bits per heavy atom. The van der Waals surface area contributed by atoms with Gasteiger partial charge in [-0.15, -0.1) is 0 Å². The van der Waals surface area contributed by atoms with Gasteiger partial charge >= 0.3 is 0 Å². The zero-order chi connectivity index (χ0) is 14.3. The summed E-state index contributed by atoms with van der Waals surface area (Å²) in [6, 6.07) is 0.0955. The normalized spacial score (nSPS) is 10.8. The lowest BCUT2D eigenvalue weighted by Gasteiger charge is -2.10. The van der Waals surface area contributed by atoms with Gasteiger partial charge in [-0.1, -0.05) is 0 Å². The molecule has 0 fully saturated rings. The molecule has 1 aromatic rings. The van der Waals surface area contributed by atoms with E-state index in [1.807, 2.05) is 27.9 Å². The predicted octanol–water partition coefficient (Wildman–Crippen LogP) is 0.978. The van der Waals surface area contributed by atoms with Gasteiger partial charge in [0.15, 0.2) is 0 Å². The smallest absolute Gasteiger partial charge is 0.271 e. The van der Waals surface area contributed by atoms with Crippen LogP contribution in [0.15, 0.2) is 12.4 Å². The Morgan fingerprint density at radius 3 is 2.58 bits per heavy atom. The van der Waals surface area contributed by atoms with E-state index in [-0.39, 0.29) is 11.9 Å². The van der Waals surface area contributed by atoms with Crippen molar-refractivity contribution >= 4 is 11.7 Å². The second-order valence-electron chi connectivity index (χ2n) is 5.00. The summed E-state index contributed by atoms with van der Waals surface area (Å²) in [7, 11) is 4.09. The summed E-state index contributed by atoms with van der Waals surface area (Å²) >= 11 is 0. The Morgan fingerprint density at radius 1 is 1.32 bits per heavy atom. The minimum atomic E-state index is -0.193. The number of anilines is 1. The molecule has 0 saturated carbocycles. The van der Waals surface area contributed by atoms with Crippen LogP contribution in [0.2, 0.25) is 0 Å². The van der Waals surface area contributed by atoms with Crippen LogP contribution in [0.4, 0.5) is 5.82 Å². The van der Waals surface area contributed by atoms with Crippen molar-refractivity contribution in [3.8, 4) is 0 Å². The first-order valence-corrected chi connectivity index (χ1v) is 6.50. The third-order valence-electron chi connectivity index (χ3n) is 2.39. The van der Waals surface area contributed by atoms with Crippen molar-refractivity contribution in [1.82, 2.24) is 20.2 Å². The van der Waals surface area contributed by atoms with Crippen molar-refractivity contribution in [3.63, 3.8) is 0 Å². The molecule has 6 nitrogen and oxygen atoms in total. The highest BCUT2D eigenvalue weighted by molar-refractivity contribution is 5.92. The molecular weight excluding hydrogens is 242 g/mol. The lowest BCUT2D eigenvalue weighted by atomic mass is 10.3. The van der Waals surface area contributed by atoms with E-state index in [2.05, 4.69) is 25.5 Å². The molecule has 0 aliphatic rings. The van der Waals surface area contributed by atoms with Crippen LogP contribution >= 0.6 is 0 Å². The van der Waals surface area contributed by atoms with Crippen LogP contribution in [0.3, 0.4) is 0 Å². The molecule has 2 N–H and O–H groups in total. The summed E-state index contributed by atoms with van der Waals surface area (Å²) in [6.07, 6.45) is 4.11. The Balaban J connectivity index is 2.41. The Labute approximate surface area is 114 Å². The molecule has 0 atom stereocenters. The lowest BCUT2D eigenvalue weighted by molar-refractivity contribution is 0.0937. The van der Waals surface area contributed by atoms with Gasteiger partial charge in [0.1, 0.15) is 11.5 Å². The fourth-order valence-corrected chi connectivity index (χ4v) is 1.48. The number of carbonyl (C=O) groups is 1. The fourth-order valence-electron chi connectivity index (χ4n) is 1.48. The number of rotatable bonds is 7. The SMILES string of the molecule is CC(C)NC(=O)c1cnc(NCCCN(C)C)cn1. The molecule has 1 amide bonds. The second-order valence-corrected chi connectivity index (χ2v) is 5.00. The first-order valence-electron chi connectivity index (χ1n) is 6.50. The quantitative estimate of drug-likeness (QED) is 0.719. The number of amides is 1. The predicted molar refractivity (Wildman–Crippen MR) is 76.3 cm³/mol. The highest BCUT2D eigenvalue weighted by Gasteiger charge is 2.08. The van der Waals surface area contributed by atoms with Crippen molar-refractivity contribution in [2.24, 2.45) is 0 Å². The third kappa shape index (κ3) is 6.15. The number of hydrogen-bond acceptors (Lipinski definition) is 5. The molecule has 0 radical (unpaired) electrons. The van der Waals surface area contributed by atoms with Gasteiger partial charge in [0, 0.05) is 12.6 Å². The van der Waals surface area contributed by atoms with Crippen LogP contribution in [0.1, 0.15) is 30.8 Å². The Bertz CT molecular complexity index is 389. The number of nitrogens with zero attached hydrogens (tertiary/aromatic N) is 3. The van der Waals surface area contributed by atoms with Crippen molar-refractivity contribution in [3.05, 3.63) is 18.1 Å². The molecule has 6 heteroatoms. The van der Waals surface area contributed by atoms with E-state index in [9.17, 15) is 4.79 Å². The van der Waals surface area contributed by atoms with Crippen LogP contribution in [-0.4, -0.2) is 54.0 Å². The Hall–Kier alpha value is -1.69. The first kappa shape index (κ1) is 15.4. The monoisotopic (exact) mass is 265 g/mol. The van der Waals surface area contributed by atoms with E-state index in [0.717, 1.165) is 19.5 Å². The summed E-state index contributed by atoms with van der Waals surface area (Å²) in [5.41, 5.74) is 0.340. The molecule has 1 aromatic heterocycles. The molecule has 19 heavy (non-hydrogen) atoms. The van der Waals surface area contributed by atoms with Gasteiger partial charge in [-0.25, -0.2) is 9.97 Å². The summed E-state index contributed by atoms with van der Waals surface area (Å²) in [5.74, 6) is 0.501. The van der Waals surface area contributed by atoms with Crippen molar-refractivity contribution in [2.45, 2.75) is 26.3 Å². The van der Waals surface area contributed by atoms with Crippen LogP contribution in [0, 0.1) is 0 Å². The maximum absolute atomic E-state index is 11.7. The maximum Gasteiger partial charge on any atom is 0.271 e. The minimum absolute atomic E-state index is 0.0955. The van der Waals surface area contributed by atoms with Gasteiger partial charge < -0.3 is 15.5 Å². The first-order chi connectivity index (χ1) is 8.99. The highest BCUT2D eigenvalue weighted by Crippen LogP contribution is 2.01. The second kappa shape index (κ2) is 7.68. The highest BCUT2D eigenvalue weighted by atomic mass is 16.1. The molecular formula is C13H23N5O. The lowest BCUT2D eigenvalue weighted by Crippen LogP contribution is -2.30. The third-order valence-corrected chi connectivity index (χ3v) is 2.39. The molecule has 0 aliphatic heterocycles. The van der Waals surface area contributed by atoms with Crippen LogP contribution < -0.4 is 10.6 Å². The van der Waals surface area contributed by atoms with E-state index >= 15 is 0 Å². The van der Waals surface area contributed by atoms with Gasteiger partial charge in [0.05, 0.1) is 12.4 Å². The Kier molecular flexibility index (Phi) is 6.21. The zero-order valence-electron chi connectivity index (χ0n) is 12.1. The molecule has 0 bridgehead atoms. The molecule has 1 rings (SSSR count). The summed E-state index contributed by atoms with van der Waals surface area (Å²) in [4.78, 5) is 22.1. The standard InChI is InChI=1S/C13H23N5O/c1-10(2)17-13(19)11-8-16-12(9-15-11)14-6-5-7-18(3)4/h8-10H,5-7H2,1-4H3,(H,14,16)(H,17,19). The van der Waals surface area contributed by atoms with Gasteiger partial charge in [0.2, 0.25) is 0 Å². The van der Waals surface area contributed by atoms with Crippen molar-refractivity contribution in [1.29, 1.82) is 0 Å². The minimum Gasteiger partial charge on any atom is -0.369 e. The van der Waals surface area contributed by atoms with E-state index in [1.165, 1.54) is 6.20 Å². The fraction of sp³-hybridized carbons (Fsp3) is 0.615. The van der Waals surface area contributed by atoms with E-state index in [1.54, 1.807) is 6.20 Å². The van der Waals surface area contributed by atoms with Gasteiger partial charge in [-0.3, -0.25) is 4.79 Å². The number of nitrogens with one attached hydrogen (secondary N) is 2. The molecule has 0 saturated heterocycles. The molecule has 106 valence electrons. The van der Waals surface area contributed by atoms with E-state index in [0.29, 0.717) is 11.5 Å². The van der Waals surface area contributed by atoms with E-state index in [4.69, 9.17) is 0 Å². The zero-order valence-corrected chi connectivity index (χ0v) is 12.1. The van der Waals surface area contributed by atoms with Crippen molar-refractivity contribution < 1.29 is 4.79 Å². The number of carbonyl (C=O) groups excluding carboxylic acids is 1. The molecule has 0 spiro atoms. The van der Waals surface area contributed by atoms with Gasteiger partial charge in [-0.2, -0.15) is 0 Å². The van der Waals surface area contributed by atoms with Crippen LogP contribution in [0.5, 0.6) is 0 Å². The molecule has 0 aromatic carbocycles. The number of hydrogen-bond donors (Lipinski definition) is 2. The molecule has 1 heterocycles. The summed E-state index contributed by atoms with van der Waals surface area (Å²) < 4.78 is 0. The van der Waals surface area contributed by atoms with E-state index < -0.39 is 0 Å². The van der Waals surface area contributed by atoms with Gasteiger partial charge in [-0.05, 0) is 40.9 Å². The van der Waals surface area contributed by atoms with Crippen LogP contribution in [0.25, 0.3) is 0 Å². The summed E-state index contributed by atoms with van der Waals surface area (Å²) in [6.45, 7) is 5.68. The molecule has 0 unspecified atom stereocenters. The average Bonchev–Trinajstić information content (AvgIpc) is 2.34. The topological polar surface area (TPSA) is 70.2 Å².